The second-order valence-corrected chi connectivity index (χ2v) is 31.6. The summed E-state index contributed by atoms with van der Waals surface area (Å²) in [7, 11) is 0. The van der Waals surface area contributed by atoms with Crippen molar-refractivity contribution in [3.05, 3.63) is 328 Å². The standard InChI is InChI=1S/C104H81BrN8/c1-14-69-17-23-72(24-18-69)97-77-33-41-85(106-77)101(93-61(6)49-57(2)50-62(93)7)87-43-35-79(108-87)98(80-36-44-88(109-80)102(86-42-34-78(97)107-86)94-63(8)51-58(3)52-64(94)9)73-25-19-70(20-26-73)15-16-71-21-27-74(28-22-71)99-81-37-45-89(110-81)103(95-65(10)53-59(4)54-66(95)11)91-47-39-83(112-91)100(75-29-31-76(105)32-30-75)84-40-48-92(113-84)104(90-46-38-82(99)111-90)96-67(12)55-60(5)56-68(96)13/h1,17-56,106,109-110,113H,2-13H3. The van der Waals surface area contributed by atoms with E-state index in [4.69, 9.17) is 26.4 Å². The predicted octanol–water partition coefficient (Wildman–Crippen LogP) is 26.8. The second kappa shape index (κ2) is 28.5. The molecule has 0 radical (unpaired) electrons. The van der Waals surface area contributed by atoms with Gasteiger partial charge in [-0.15, -0.1) is 6.42 Å². The van der Waals surface area contributed by atoms with Gasteiger partial charge in [0.15, 0.2) is 0 Å². The molecule has 18 rings (SSSR count). The molecule has 0 saturated carbocycles. The number of halogens is 1. The first kappa shape index (κ1) is 71.2. The third kappa shape index (κ3) is 13.0. The maximum Gasteiger partial charge on any atom is 0.0737 e. The Labute approximate surface area is 667 Å². The molecule has 113 heavy (non-hydrogen) atoms. The number of hydrogen-bond donors (Lipinski definition) is 4. The van der Waals surface area contributed by atoms with Gasteiger partial charge in [0.25, 0.3) is 0 Å². The molecule has 4 aliphatic heterocycles. The predicted molar refractivity (Wildman–Crippen MR) is 480 cm³/mol. The number of aromatic amines is 4. The van der Waals surface area contributed by atoms with Gasteiger partial charge in [0.2, 0.25) is 0 Å². The molecule has 8 aromatic carbocycles. The number of terminal acetylenes is 1. The van der Waals surface area contributed by atoms with Crippen LogP contribution in [0.3, 0.4) is 0 Å². The van der Waals surface area contributed by atoms with E-state index < -0.39 is 0 Å². The zero-order valence-corrected chi connectivity index (χ0v) is 66.9. The molecule has 0 atom stereocenters. The summed E-state index contributed by atoms with van der Waals surface area (Å²) < 4.78 is 1.01. The summed E-state index contributed by atoms with van der Waals surface area (Å²) in [6.07, 6.45) is 23.3. The molecular weight excluding hydrogens is 1440 g/mol. The third-order valence-electron chi connectivity index (χ3n) is 22.4. The quantitative estimate of drug-likeness (QED) is 0.113. The van der Waals surface area contributed by atoms with Crippen LogP contribution in [0.4, 0.5) is 0 Å². The Morgan fingerprint density at radius 2 is 0.416 bits per heavy atom. The van der Waals surface area contributed by atoms with Crippen LogP contribution < -0.4 is 0 Å². The molecule has 4 aliphatic rings. The van der Waals surface area contributed by atoms with Crippen molar-refractivity contribution >= 4 is 109 Å². The highest BCUT2D eigenvalue weighted by Crippen LogP contribution is 2.46. The molecule has 0 spiro atoms. The molecule has 16 bridgehead atoms. The van der Waals surface area contributed by atoms with E-state index in [1.54, 1.807) is 0 Å². The van der Waals surface area contributed by atoms with Crippen LogP contribution in [0.5, 0.6) is 0 Å². The van der Waals surface area contributed by atoms with Crippen LogP contribution in [0.25, 0.3) is 182 Å². The molecule has 0 unspecified atom stereocenters. The SMILES string of the molecule is C#Cc1ccc(-c2c3nc(c(-c4c(C)cc(C)cc4C)c4ccc([nH]4)c(-c4ccc(C#Cc5ccc(-c6c7nc(c(-c8c(C)cc(C)cc8C)c8ccc([nH]8)c(-c8ccc(Br)cc8)c8nc(c(-c9c(C)cc(C)cc9C)c9ccc6[nH]9)C=C8)C=C7)cc5)cc4)c4nc(c(-c5c(C)cc(C)cc5C)c5ccc2[nH]5)C=C4)C=C3)cc1. The number of nitrogens with one attached hydrogen (secondary N) is 4. The third-order valence-corrected chi connectivity index (χ3v) is 22.9. The molecule has 544 valence electrons. The number of aromatic nitrogens is 8. The van der Waals surface area contributed by atoms with Crippen LogP contribution in [0.15, 0.2) is 199 Å². The van der Waals surface area contributed by atoms with Gasteiger partial charge >= 0.3 is 0 Å². The molecule has 0 fully saturated rings. The lowest BCUT2D eigenvalue weighted by molar-refractivity contribution is 1.28. The Kier molecular flexibility index (Phi) is 17.9. The lowest BCUT2D eigenvalue weighted by atomic mass is 9.92. The van der Waals surface area contributed by atoms with Crippen molar-refractivity contribution in [1.29, 1.82) is 0 Å². The van der Waals surface area contributed by atoms with Crippen molar-refractivity contribution in [1.82, 2.24) is 39.9 Å². The van der Waals surface area contributed by atoms with Gasteiger partial charge in [0, 0.05) is 110 Å². The molecule has 8 nitrogen and oxygen atoms in total. The highest BCUT2D eigenvalue weighted by Gasteiger charge is 2.26. The summed E-state index contributed by atoms with van der Waals surface area (Å²) in [5.74, 6) is 9.95. The van der Waals surface area contributed by atoms with Gasteiger partial charge in [0.1, 0.15) is 0 Å². The largest absolute Gasteiger partial charge is 0.354 e. The lowest BCUT2D eigenvalue weighted by Crippen LogP contribution is -1.95. The minimum Gasteiger partial charge on any atom is -0.354 e. The highest BCUT2D eigenvalue weighted by atomic mass is 79.9. The van der Waals surface area contributed by atoms with E-state index in [0.717, 1.165) is 200 Å². The molecule has 6 aromatic heterocycles. The summed E-state index contributed by atoms with van der Waals surface area (Å²) in [6.45, 7) is 26.3. The van der Waals surface area contributed by atoms with Crippen LogP contribution in [0, 0.1) is 107 Å². The number of benzene rings is 8. The fourth-order valence-electron chi connectivity index (χ4n) is 17.9. The summed E-state index contributed by atoms with van der Waals surface area (Å²) in [5.41, 5.74) is 47.7. The maximum absolute atomic E-state index is 5.94. The monoisotopic (exact) mass is 1520 g/mol. The van der Waals surface area contributed by atoms with E-state index in [-0.39, 0.29) is 0 Å². The number of hydrogen-bond acceptors (Lipinski definition) is 4. The number of nitrogens with zero attached hydrogens (tertiary/aromatic N) is 4. The zero-order chi connectivity index (χ0) is 77.8. The van der Waals surface area contributed by atoms with E-state index >= 15 is 0 Å². The highest BCUT2D eigenvalue weighted by molar-refractivity contribution is 9.10. The van der Waals surface area contributed by atoms with Crippen molar-refractivity contribution in [3.63, 3.8) is 0 Å². The van der Waals surface area contributed by atoms with Gasteiger partial charge in [-0.05, 0) is 318 Å². The summed E-state index contributed by atoms with van der Waals surface area (Å²) in [6, 6.07) is 69.7. The fourth-order valence-corrected chi connectivity index (χ4v) is 18.2. The minimum atomic E-state index is 0.813. The topological polar surface area (TPSA) is 115 Å². The first-order valence-electron chi connectivity index (χ1n) is 38.5. The van der Waals surface area contributed by atoms with Gasteiger partial charge in [-0.25, -0.2) is 19.9 Å². The first-order valence-corrected chi connectivity index (χ1v) is 39.2. The van der Waals surface area contributed by atoms with E-state index in [2.05, 4.69) is 367 Å². The Hall–Kier alpha value is -13.4. The summed E-state index contributed by atoms with van der Waals surface area (Å²) in [5, 5.41) is 0. The molecule has 9 heteroatoms. The maximum atomic E-state index is 5.94. The summed E-state index contributed by atoms with van der Waals surface area (Å²) in [4.78, 5) is 38.6. The number of aryl methyl sites for hydroxylation is 12. The van der Waals surface area contributed by atoms with Crippen LogP contribution in [0.1, 0.15) is 129 Å². The van der Waals surface area contributed by atoms with Crippen molar-refractivity contribution in [2.45, 2.75) is 83.1 Å². The van der Waals surface area contributed by atoms with Crippen molar-refractivity contribution in [2.24, 2.45) is 0 Å². The Morgan fingerprint density at radius 1 is 0.230 bits per heavy atom. The number of fused-ring (bicyclic) bond motifs is 16. The van der Waals surface area contributed by atoms with E-state index in [1.807, 2.05) is 12.1 Å². The van der Waals surface area contributed by atoms with Crippen LogP contribution in [0.2, 0.25) is 0 Å². The Morgan fingerprint density at radius 3 is 0.628 bits per heavy atom. The first-order chi connectivity index (χ1) is 54.7. The van der Waals surface area contributed by atoms with Crippen LogP contribution in [-0.4, -0.2) is 39.9 Å². The molecule has 0 saturated heterocycles. The molecule has 0 aliphatic carbocycles. The Balaban J connectivity index is 0.794. The van der Waals surface area contributed by atoms with Gasteiger partial charge < -0.3 is 19.9 Å². The molecule has 10 heterocycles. The van der Waals surface area contributed by atoms with Gasteiger partial charge in [-0.3, -0.25) is 0 Å². The number of H-pyrrole nitrogens is 4. The van der Waals surface area contributed by atoms with Crippen molar-refractivity contribution < 1.29 is 0 Å². The van der Waals surface area contributed by atoms with Crippen molar-refractivity contribution in [3.8, 4) is 113 Å². The van der Waals surface area contributed by atoms with Gasteiger partial charge in [-0.2, -0.15) is 0 Å². The molecule has 14 aromatic rings. The van der Waals surface area contributed by atoms with Gasteiger partial charge in [0.05, 0.1) is 45.6 Å². The van der Waals surface area contributed by atoms with E-state index in [1.165, 1.54) is 66.8 Å². The van der Waals surface area contributed by atoms with Crippen LogP contribution >= 0.6 is 15.9 Å². The average Bonchev–Trinajstić information content (AvgIpc) is 1.58. The van der Waals surface area contributed by atoms with Gasteiger partial charge in [-0.1, -0.05) is 153 Å². The van der Waals surface area contributed by atoms with E-state index in [0.29, 0.717) is 0 Å². The van der Waals surface area contributed by atoms with E-state index in [9.17, 15) is 0 Å². The fraction of sp³-hybridized carbons (Fsp3) is 0.115. The second-order valence-electron chi connectivity index (χ2n) is 30.7. The lowest BCUT2D eigenvalue weighted by Gasteiger charge is -2.13. The van der Waals surface area contributed by atoms with Crippen LogP contribution in [-0.2, 0) is 0 Å². The van der Waals surface area contributed by atoms with Crippen molar-refractivity contribution in [2.75, 3.05) is 0 Å². The molecular formula is C104H81BrN8. The molecule has 0 amide bonds. The smallest absolute Gasteiger partial charge is 0.0737 e. The average molecular weight is 1520 g/mol. The minimum absolute atomic E-state index is 0.813. The Bertz CT molecular complexity index is 6820. The number of rotatable bonds is 8. The summed E-state index contributed by atoms with van der Waals surface area (Å²) >= 11 is 3.72. The zero-order valence-electron chi connectivity index (χ0n) is 65.3. The normalized spacial score (nSPS) is 12.1. The molecule has 4 N–H and O–H groups in total.